The highest BCUT2D eigenvalue weighted by atomic mass is 35.5. The molecule has 0 aliphatic carbocycles. The van der Waals surface area contributed by atoms with Crippen LogP contribution in [-0.4, -0.2) is 21.4 Å². The topological polar surface area (TPSA) is 84.5 Å². The van der Waals surface area contributed by atoms with Crippen LogP contribution in [0, 0.1) is 5.82 Å². The van der Waals surface area contributed by atoms with Crippen LogP contribution in [0.15, 0.2) is 65.6 Å². The molecule has 3 aromatic carbocycles. The van der Waals surface area contributed by atoms with Crippen LogP contribution in [0.2, 0.25) is 10.0 Å². The number of carbonyl (C=O) groups is 1. The van der Waals surface area contributed by atoms with Crippen LogP contribution in [0.5, 0.6) is 5.75 Å². The Labute approximate surface area is 182 Å². The third kappa shape index (κ3) is 5.02. The van der Waals surface area contributed by atoms with Gasteiger partial charge in [0, 0.05) is 10.7 Å². The molecule has 0 atom stereocenters. The fourth-order valence-electron chi connectivity index (χ4n) is 2.55. The molecule has 10 heteroatoms. The Hall–Kier alpha value is -2.81. The van der Waals surface area contributed by atoms with E-state index in [2.05, 4.69) is 10.0 Å². The van der Waals surface area contributed by atoms with Crippen molar-refractivity contribution in [2.24, 2.45) is 0 Å². The summed E-state index contributed by atoms with van der Waals surface area (Å²) < 4.78 is 46.0. The summed E-state index contributed by atoms with van der Waals surface area (Å²) in [6, 6.07) is 13.2. The van der Waals surface area contributed by atoms with E-state index in [4.69, 9.17) is 27.9 Å². The fourth-order valence-corrected chi connectivity index (χ4v) is 4.13. The molecule has 3 rings (SSSR count). The Morgan fingerprint density at radius 3 is 2.33 bits per heavy atom. The predicted molar refractivity (Wildman–Crippen MR) is 115 cm³/mol. The highest BCUT2D eigenvalue weighted by Crippen LogP contribution is 2.30. The van der Waals surface area contributed by atoms with Crippen molar-refractivity contribution in [1.29, 1.82) is 0 Å². The summed E-state index contributed by atoms with van der Waals surface area (Å²) in [6.45, 7) is 0. The van der Waals surface area contributed by atoms with Gasteiger partial charge in [-0.25, -0.2) is 12.8 Å². The summed E-state index contributed by atoms with van der Waals surface area (Å²) in [5.74, 6) is -0.821. The molecule has 0 aliphatic rings. The number of anilines is 2. The van der Waals surface area contributed by atoms with Crippen LogP contribution in [0.4, 0.5) is 15.8 Å². The molecule has 0 heterocycles. The van der Waals surface area contributed by atoms with E-state index in [-0.39, 0.29) is 32.6 Å². The molecule has 0 saturated heterocycles. The van der Waals surface area contributed by atoms with Gasteiger partial charge in [0.15, 0.2) is 0 Å². The lowest BCUT2D eigenvalue weighted by Gasteiger charge is -2.14. The molecular weight excluding hydrogens is 454 g/mol. The highest BCUT2D eigenvalue weighted by Gasteiger charge is 2.19. The van der Waals surface area contributed by atoms with E-state index in [1.165, 1.54) is 55.6 Å². The van der Waals surface area contributed by atoms with Gasteiger partial charge in [-0.1, -0.05) is 23.2 Å². The first-order chi connectivity index (χ1) is 14.2. The van der Waals surface area contributed by atoms with Gasteiger partial charge in [-0.05, 0) is 60.7 Å². The van der Waals surface area contributed by atoms with Crippen molar-refractivity contribution >= 4 is 50.5 Å². The van der Waals surface area contributed by atoms with E-state index < -0.39 is 21.7 Å². The van der Waals surface area contributed by atoms with Crippen LogP contribution in [0.1, 0.15) is 10.4 Å². The molecule has 0 unspecified atom stereocenters. The maximum Gasteiger partial charge on any atom is 0.261 e. The van der Waals surface area contributed by atoms with Gasteiger partial charge in [-0.3, -0.25) is 9.52 Å². The summed E-state index contributed by atoms with van der Waals surface area (Å²) in [4.78, 5) is 12.5. The summed E-state index contributed by atoms with van der Waals surface area (Å²) >= 11 is 11.9. The lowest BCUT2D eigenvalue weighted by atomic mass is 10.2. The molecule has 1 amide bonds. The first kappa shape index (κ1) is 21.9. The molecule has 0 fully saturated rings. The maximum atomic E-state index is 13.0. The number of ether oxygens (including phenoxy) is 1. The normalized spacial score (nSPS) is 11.1. The largest absolute Gasteiger partial charge is 0.495 e. The molecule has 0 bridgehead atoms. The molecule has 0 aromatic heterocycles. The van der Waals surface area contributed by atoms with Crippen LogP contribution >= 0.6 is 23.2 Å². The predicted octanol–water partition coefficient (Wildman–Crippen LogP) is 5.19. The molecule has 0 radical (unpaired) electrons. The smallest absolute Gasteiger partial charge is 0.261 e. The summed E-state index contributed by atoms with van der Waals surface area (Å²) in [5.41, 5.74) is 0.460. The van der Waals surface area contributed by atoms with Crippen molar-refractivity contribution in [2.45, 2.75) is 4.90 Å². The zero-order valence-corrected chi connectivity index (χ0v) is 17.8. The zero-order chi connectivity index (χ0) is 21.9. The lowest BCUT2D eigenvalue weighted by Crippen LogP contribution is -2.16. The average Bonchev–Trinajstić information content (AvgIpc) is 2.69. The zero-order valence-electron chi connectivity index (χ0n) is 15.4. The van der Waals surface area contributed by atoms with E-state index in [0.717, 1.165) is 12.1 Å². The molecule has 3 aromatic rings. The molecular formula is C20H15Cl2FN2O4S. The number of sulfonamides is 1. The van der Waals surface area contributed by atoms with Gasteiger partial charge in [-0.2, -0.15) is 0 Å². The quantitative estimate of drug-likeness (QED) is 0.520. The van der Waals surface area contributed by atoms with E-state index in [1.807, 2.05) is 0 Å². The van der Waals surface area contributed by atoms with Gasteiger partial charge in [0.05, 0.1) is 28.3 Å². The first-order valence-electron chi connectivity index (χ1n) is 8.42. The molecule has 156 valence electrons. The Morgan fingerprint density at radius 2 is 1.70 bits per heavy atom. The van der Waals surface area contributed by atoms with Crippen molar-refractivity contribution in [3.8, 4) is 5.75 Å². The fraction of sp³-hybridized carbons (Fsp3) is 0.0500. The second-order valence-electron chi connectivity index (χ2n) is 6.05. The Bertz CT molecular complexity index is 1200. The molecule has 30 heavy (non-hydrogen) atoms. The Morgan fingerprint density at radius 1 is 1.00 bits per heavy atom. The van der Waals surface area contributed by atoms with Gasteiger partial charge in [-0.15, -0.1) is 0 Å². The van der Waals surface area contributed by atoms with E-state index in [1.54, 1.807) is 0 Å². The SMILES string of the molecule is COc1ccc(S(=O)(=O)Nc2ccc(F)cc2)cc1NC(=O)c1ccc(Cl)cc1Cl. The van der Waals surface area contributed by atoms with Gasteiger partial charge in [0.25, 0.3) is 15.9 Å². The first-order valence-corrected chi connectivity index (χ1v) is 10.7. The van der Waals surface area contributed by atoms with Gasteiger partial charge >= 0.3 is 0 Å². The van der Waals surface area contributed by atoms with Crippen LogP contribution in [0.25, 0.3) is 0 Å². The lowest BCUT2D eigenvalue weighted by molar-refractivity contribution is 0.102. The highest BCUT2D eigenvalue weighted by molar-refractivity contribution is 7.92. The minimum Gasteiger partial charge on any atom is -0.495 e. The van der Waals surface area contributed by atoms with Crippen molar-refractivity contribution in [2.75, 3.05) is 17.1 Å². The number of halogens is 3. The number of nitrogens with one attached hydrogen (secondary N) is 2. The number of methoxy groups -OCH3 is 1. The number of amides is 1. The number of hydrogen-bond donors (Lipinski definition) is 2. The number of carbonyl (C=O) groups excluding carboxylic acids is 1. The van der Waals surface area contributed by atoms with E-state index >= 15 is 0 Å². The second-order valence-corrected chi connectivity index (χ2v) is 8.58. The van der Waals surface area contributed by atoms with Gasteiger partial charge in [0.1, 0.15) is 11.6 Å². The average molecular weight is 469 g/mol. The van der Waals surface area contributed by atoms with Crippen molar-refractivity contribution in [3.05, 3.63) is 82.1 Å². The van der Waals surface area contributed by atoms with Crippen molar-refractivity contribution in [1.82, 2.24) is 0 Å². The molecule has 0 aliphatic heterocycles. The Balaban J connectivity index is 1.91. The van der Waals surface area contributed by atoms with Crippen molar-refractivity contribution < 1.29 is 22.3 Å². The van der Waals surface area contributed by atoms with E-state index in [9.17, 15) is 17.6 Å². The van der Waals surface area contributed by atoms with Crippen LogP contribution in [-0.2, 0) is 10.0 Å². The minimum atomic E-state index is -4.01. The van der Waals surface area contributed by atoms with Crippen LogP contribution < -0.4 is 14.8 Å². The summed E-state index contributed by atoms with van der Waals surface area (Å²) in [6.07, 6.45) is 0. The molecule has 0 saturated carbocycles. The summed E-state index contributed by atoms with van der Waals surface area (Å²) in [7, 11) is -2.63. The van der Waals surface area contributed by atoms with Gasteiger partial charge in [0.2, 0.25) is 0 Å². The maximum absolute atomic E-state index is 13.0. The monoisotopic (exact) mass is 468 g/mol. The number of rotatable bonds is 6. The number of benzene rings is 3. The van der Waals surface area contributed by atoms with Crippen LogP contribution in [0.3, 0.4) is 0 Å². The molecule has 0 spiro atoms. The third-order valence-electron chi connectivity index (χ3n) is 4.00. The Kier molecular flexibility index (Phi) is 6.50. The third-order valence-corrected chi connectivity index (χ3v) is 5.93. The molecule has 2 N–H and O–H groups in total. The number of hydrogen-bond acceptors (Lipinski definition) is 4. The van der Waals surface area contributed by atoms with E-state index in [0.29, 0.717) is 5.02 Å². The summed E-state index contributed by atoms with van der Waals surface area (Å²) in [5, 5.41) is 3.10. The molecule has 6 nitrogen and oxygen atoms in total. The minimum absolute atomic E-state index is 0.121. The standard InChI is InChI=1S/C20H15Cl2FN2O4S/c1-29-19-9-7-15(30(27,28)25-14-5-3-13(23)4-6-14)11-18(19)24-20(26)16-8-2-12(21)10-17(16)22/h2-11,25H,1H3,(H,24,26). The second kappa shape index (κ2) is 8.91. The van der Waals surface area contributed by atoms with Gasteiger partial charge < -0.3 is 10.1 Å². The van der Waals surface area contributed by atoms with Crippen molar-refractivity contribution in [3.63, 3.8) is 0 Å².